The van der Waals surface area contributed by atoms with Crippen molar-refractivity contribution in [3.05, 3.63) is 23.3 Å². The number of carbonyl (C=O) groups excluding carboxylic acids is 2. The van der Waals surface area contributed by atoms with Gasteiger partial charge in [-0.25, -0.2) is 4.79 Å². The van der Waals surface area contributed by atoms with Crippen molar-refractivity contribution in [1.82, 2.24) is 4.90 Å². The predicted molar refractivity (Wildman–Crippen MR) is 94.1 cm³/mol. The molecule has 1 aliphatic carbocycles. The Morgan fingerprint density at radius 2 is 1.85 bits per heavy atom. The van der Waals surface area contributed by atoms with Crippen molar-refractivity contribution in [3.63, 3.8) is 0 Å². The van der Waals surface area contributed by atoms with Gasteiger partial charge in [-0.05, 0) is 47.9 Å². The molecule has 140 valence electrons. The van der Waals surface area contributed by atoms with E-state index in [0.29, 0.717) is 30.3 Å². The van der Waals surface area contributed by atoms with Crippen LogP contribution in [0.2, 0.25) is 0 Å². The number of esters is 1. The van der Waals surface area contributed by atoms with Crippen molar-refractivity contribution in [2.24, 2.45) is 11.8 Å². The summed E-state index contributed by atoms with van der Waals surface area (Å²) in [6, 6.07) is 3.39. The molecular weight excluding hydrogens is 334 g/mol. The molecule has 3 aliphatic rings. The number of ether oxygens (including phenoxy) is 3. The van der Waals surface area contributed by atoms with Gasteiger partial charge in [-0.1, -0.05) is 6.92 Å². The molecule has 6 nitrogen and oxygen atoms in total. The normalized spacial score (nSPS) is 31.9. The Labute approximate surface area is 153 Å². The molecule has 1 amide bonds. The zero-order valence-corrected chi connectivity index (χ0v) is 15.7. The van der Waals surface area contributed by atoms with Gasteiger partial charge >= 0.3 is 5.97 Å². The van der Waals surface area contributed by atoms with E-state index in [0.717, 1.165) is 24.0 Å². The summed E-state index contributed by atoms with van der Waals surface area (Å²) in [5, 5.41) is 0. The van der Waals surface area contributed by atoms with Crippen molar-refractivity contribution in [2.45, 2.75) is 44.2 Å². The van der Waals surface area contributed by atoms with Crippen LogP contribution in [0.25, 0.3) is 0 Å². The minimum Gasteiger partial charge on any atom is -0.493 e. The van der Waals surface area contributed by atoms with Gasteiger partial charge in [-0.2, -0.15) is 0 Å². The van der Waals surface area contributed by atoms with Crippen LogP contribution in [0.5, 0.6) is 11.5 Å². The van der Waals surface area contributed by atoms with Crippen molar-refractivity contribution >= 4 is 11.9 Å². The van der Waals surface area contributed by atoms with E-state index in [4.69, 9.17) is 14.2 Å². The van der Waals surface area contributed by atoms with Crippen LogP contribution in [0.15, 0.2) is 12.1 Å². The fraction of sp³-hybridized carbons (Fsp3) is 0.600. The van der Waals surface area contributed by atoms with Crippen molar-refractivity contribution in [3.8, 4) is 11.5 Å². The second kappa shape index (κ2) is 5.89. The lowest BCUT2D eigenvalue weighted by atomic mass is 9.74. The van der Waals surface area contributed by atoms with Gasteiger partial charge in [0.15, 0.2) is 11.5 Å². The Morgan fingerprint density at radius 3 is 2.50 bits per heavy atom. The van der Waals surface area contributed by atoms with Crippen molar-refractivity contribution in [2.75, 3.05) is 21.3 Å². The lowest BCUT2D eigenvalue weighted by Gasteiger charge is -2.47. The van der Waals surface area contributed by atoms with Gasteiger partial charge in [0.1, 0.15) is 6.04 Å². The van der Waals surface area contributed by atoms with Crippen LogP contribution in [0.3, 0.4) is 0 Å². The molecule has 1 saturated heterocycles. The number of benzene rings is 1. The molecule has 0 radical (unpaired) electrons. The summed E-state index contributed by atoms with van der Waals surface area (Å²) in [7, 11) is 4.61. The highest BCUT2D eigenvalue weighted by Crippen LogP contribution is 2.60. The van der Waals surface area contributed by atoms with E-state index in [1.165, 1.54) is 7.11 Å². The molecule has 1 aromatic carbocycles. The Hall–Kier alpha value is -2.24. The predicted octanol–water partition coefficient (Wildman–Crippen LogP) is 2.28. The average Bonchev–Trinajstić information content (AvgIpc) is 3.08. The van der Waals surface area contributed by atoms with E-state index < -0.39 is 11.6 Å². The molecule has 0 bridgehead atoms. The zero-order chi connectivity index (χ0) is 18.6. The van der Waals surface area contributed by atoms with E-state index >= 15 is 0 Å². The third-order valence-corrected chi connectivity index (χ3v) is 6.42. The maximum absolute atomic E-state index is 12.9. The summed E-state index contributed by atoms with van der Waals surface area (Å²) >= 11 is 0. The summed E-state index contributed by atoms with van der Waals surface area (Å²) in [4.78, 5) is 27.3. The SMILES string of the molecule is COC(=O)C1Cc2cc(OC)c(OC)cc2C23CC(C)CC2CC(=O)N13. The van der Waals surface area contributed by atoms with Crippen LogP contribution in [-0.4, -0.2) is 44.1 Å². The number of carbonyl (C=O) groups is 2. The molecule has 1 aromatic rings. The van der Waals surface area contributed by atoms with Gasteiger partial charge in [0.25, 0.3) is 0 Å². The standard InChI is InChI=1S/C20H25NO5/c1-11-5-13-8-18(22)21-15(19(23)26-4)6-12-7-16(24-2)17(25-3)9-14(12)20(13,21)10-11/h7,9,11,13,15H,5-6,8,10H2,1-4H3. The Kier molecular flexibility index (Phi) is 3.90. The number of nitrogens with zero attached hydrogens (tertiary/aromatic N) is 1. The minimum atomic E-state index is -0.576. The molecule has 1 saturated carbocycles. The van der Waals surface area contributed by atoms with Gasteiger partial charge in [-0.15, -0.1) is 0 Å². The number of hydrogen-bond donors (Lipinski definition) is 0. The fourth-order valence-corrected chi connectivity index (χ4v) is 5.57. The molecular formula is C20H25NO5. The summed E-state index contributed by atoms with van der Waals surface area (Å²) in [5.74, 6) is 1.72. The van der Waals surface area contributed by atoms with E-state index in [1.54, 1.807) is 14.2 Å². The first kappa shape index (κ1) is 17.2. The molecule has 0 N–H and O–H groups in total. The second-order valence-corrected chi connectivity index (χ2v) is 7.74. The molecule has 26 heavy (non-hydrogen) atoms. The average molecular weight is 359 g/mol. The zero-order valence-electron chi connectivity index (χ0n) is 15.7. The molecule has 2 heterocycles. The lowest BCUT2D eigenvalue weighted by Crippen LogP contribution is -2.57. The summed E-state index contributed by atoms with van der Waals surface area (Å²) in [5.41, 5.74) is 1.71. The smallest absolute Gasteiger partial charge is 0.328 e. The Balaban J connectivity index is 1.96. The first-order valence-electron chi connectivity index (χ1n) is 9.11. The number of amides is 1. The van der Waals surface area contributed by atoms with Crippen LogP contribution in [-0.2, 0) is 26.3 Å². The quantitative estimate of drug-likeness (QED) is 0.775. The highest BCUT2D eigenvalue weighted by molar-refractivity contribution is 5.89. The van der Waals surface area contributed by atoms with Crippen LogP contribution in [0, 0.1) is 11.8 Å². The molecule has 1 spiro atoms. The van der Waals surface area contributed by atoms with E-state index in [1.807, 2.05) is 17.0 Å². The molecule has 4 atom stereocenters. The van der Waals surface area contributed by atoms with Crippen LogP contribution >= 0.6 is 0 Å². The van der Waals surface area contributed by atoms with E-state index in [9.17, 15) is 9.59 Å². The third kappa shape index (κ3) is 2.10. The largest absolute Gasteiger partial charge is 0.493 e. The van der Waals surface area contributed by atoms with Crippen molar-refractivity contribution < 1.29 is 23.8 Å². The van der Waals surface area contributed by atoms with Crippen LogP contribution in [0.1, 0.15) is 37.3 Å². The second-order valence-electron chi connectivity index (χ2n) is 7.74. The molecule has 4 rings (SSSR count). The van der Waals surface area contributed by atoms with Gasteiger partial charge < -0.3 is 19.1 Å². The first-order chi connectivity index (χ1) is 12.5. The third-order valence-electron chi connectivity index (χ3n) is 6.42. The van der Waals surface area contributed by atoms with Gasteiger partial charge in [0.05, 0.1) is 26.9 Å². The highest BCUT2D eigenvalue weighted by atomic mass is 16.5. The highest BCUT2D eigenvalue weighted by Gasteiger charge is 2.63. The van der Waals surface area contributed by atoms with Gasteiger partial charge in [-0.3, -0.25) is 4.79 Å². The Bertz CT molecular complexity index is 776. The maximum atomic E-state index is 12.9. The monoisotopic (exact) mass is 359 g/mol. The topological polar surface area (TPSA) is 65.1 Å². The number of fused-ring (bicyclic) bond motifs is 1. The molecule has 6 heteroatoms. The minimum absolute atomic E-state index is 0.0535. The molecule has 2 fully saturated rings. The lowest BCUT2D eigenvalue weighted by molar-refractivity contribution is -0.156. The maximum Gasteiger partial charge on any atom is 0.328 e. The van der Waals surface area contributed by atoms with Gasteiger partial charge in [0, 0.05) is 12.8 Å². The molecule has 2 aliphatic heterocycles. The number of hydrogen-bond acceptors (Lipinski definition) is 5. The van der Waals surface area contributed by atoms with Crippen molar-refractivity contribution in [1.29, 1.82) is 0 Å². The fourth-order valence-electron chi connectivity index (χ4n) is 5.57. The van der Waals surface area contributed by atoms with Crippen LogP contribution < -0.4 is 9.47 Å². The molecule has 4 unspecified atom stereocenters. The van der Waals surface area contributed by atoms with Gasteiger partial charge in [0.2, 0.25) is 5.91 Å². The number of methoxy groups -OCH3 is 3. The Morgan fingerprint density at radius 1 is 1.15 bits per heavy atom. The summed E-state index contributed by atoms with van der Waals surface area (Å²) in [6.07, 6.45) is 2.78. The number of rotatable bonds is 3. The summed E-state index contributed by atoms with van der Waals surface area (Å²) < 4.78 is 16.0. The van der Waals surface area contributed by atoms with Crippen LogP contribution in [0.4, 0.5) is 0 Å². The van der Waals surface area contributed by atoms with E-state index in [-0.39, 0.29) is 17.8 Å². The first-order valence-corrected chi connectivity index (χ1v) is 9.11. The summed E-state index contributed by atoms with van der Waals surface area (Å²) in [6.45, 7) is 2.22. The molecule has 0 aromatic heterocycles. The van der Waals surface area contributed by atoms with E-state index in [2.05, 4.69) is 6.92 Å².